The van der Waals surface area contributed by atoms with Gasteiger partial charge < -0.3 is 14.0 Å². The summed E-state index contributed by atoms with van der Waals surface area (Å²) in [7, 11) is 3.07. The van der Waals surface area contributed by atoms with Crippen molar-refractivity contribution in [2.75, 3.05) is 7.11 Å². The van der Waals surface area contributed by atoms with E-state index < -0.39 is 17.2 Å². The average molecular weight is 452 g/mol. The van der Waals surface area contributed by atoms with E-state index in [-0.39, 0.29) is 29.2 Å². The van der Waals surface area contributed by atoms with E-state index in [4.69, 9.17) is 9.47 Å². The van der Waals surface area contributed by atoms with Gasteiger partial charge in [-0.1, -0.05) is 31.5 Å². The second kappa shape index (κ2) is 9.15. The Bertz CT molecular complexity index is 1410. The number of para-hydroxylation sites is 1. The number of nitrogens with one attached hydrogen (secondary N) is 1. The number of H-pyrrole nitrogens is 1. The lowest BCUT2D eigenvalue weighted by Crippen LogP contribution is -2.31. The third-order valence-corrected chi connectivity index (χ3v) is 5.29. The summed E-state index contributed by atoms with van der Waals surface area (Å²) in [6.45, 7) is 2.21. The summed E-state index contributed by atoms with van der Waals surface area (Å²) in [5.74, 6) is -0.120. The molecule has 0 fully saturated rings. The molecule has 4 rings (SSSR count). The van der Waals surface area contributed by atoms with Gasteiger partial charge in [0.25, 0.3) is 5.56 Å². The maximum atomic E-state index is 12.8. The normalized spacial score (nSPS) is 11.1. The van der Waals surface area contributed by atoms with E-state index >= 15 is 0 Å². The van der Waals surface area contributed by atoms with Crippen molar-refractivity contribution in [2.24, 2.45) is 7.05 Å². The highest BCUT2D eigenvalue weighted by atomic mass is 16.5. The van der Waals surface area contributed by atoms with Gasteiger partial charge in [-0.2, -0.15) is 5.10 Å². The average Bonchev–Trinajstić information content (AvgIpc) is 3.39. The fourth-order valence-corrected chi connectivity index (χ4v) is 3.50. The fourth-order valence-electron chi connectivity index (χ4n) is 3.50. The van der Waals surface area contributed by atoms with Crippen molar-refractivity contribution < 1.29 is 14.3 Å². The van der Waals surface area contributed by atoms with E-state index in [9.17, 15) is 14.4 Å². The van der Waals surface area contributed by atoms with E-state index in [1.807, 2.05) is 37.3 Å². The molecule has 4 aromatic rings. The highest BCUT2D eigenvalue weighted by Gasteiger charge is 2.22. The summed E-state index contributed by atoms with van der Waals surface area (Å²) >= 11 is 0. The summed E-state index contributed by atoms with van der Waals surface area (Å²) < 4.78 is 15.2. The Morgan fingerprint density at radius 2 is 1.94 bits per heavy atom. The van der Waals surface area contributed by atoms with Crippen LogP contribution in [0.1, 0.15) is 36.1 Å². The lowest BCUT2D eigenvalue weighted by Gasteiger charge is -2.05. The van der Waals surface area contributed by atoms with E-state index in [1.165, 1.54) is 20.9 Å². The number of fused-ring (bicyclic) bond motifs is 1. The Morgan fingerprint density at radius 3 is 2.64 bits per heavy atom. The zero-order valence-corrected chi connectivity index (χ0v) is 18.6. The number of aryl methyl sites for hydroxylation is 2. The van der Waals surface area contributed by atoms with Crippen LogP contribution in [0.25, 0.3) is 16.9 Å². The van der Waals surface area contributed by atoms with Crippen LogP contribution in [0.2, 0.25) is 0 Å². The Labute approximate surface area is 188 Å². The molecule has 0 spiro atoms. The minimum Gasteiger partial charge on any atom is -0.493 e. The van der Waals surface area contributed by atoms with Crippen LogP contribution in [0.15, 0.2) is 46.1 Å². The molecule has 172 valence electrons. The highest BCUT2D eigenvalue weighted by molar-refractivity contribution is 5.90. The molecule has 0 atom stereocenters. The van der Waals surface area contributed by atoms with Gasteiger partial charge in [-0.25, -0.2) is 19.3 Å². The van der Waals surface area contributed by atoms with Crippen LogP contribution in [0.4, 0.5) is 0 Å². The number of nitrogens with zero attached hydrogens (tertiary/aromatic N) is 5. The fraction of sp³-hybridized carbons (Fsp3) is 0.318. The molecule has 33 heavy (non-hydrogen) atoms. The molecular weight excluding hydrogens is 428 g/mol. The maximum Gasteiger partial charge on any atom is 0.363 e. The van der Waals surface area contributed by atoms with Crippen molar-refractivity contribution in [2.45, 2.75) is 32.9 Å². The predicted octanol–water partition coefficient (Wildman–Crippen LogP) is 1.77. The topological polar surface area (TPSA) is 126 Å². The molecule has 0 aliphatic carbocycles. The molecule has 3 aromatic heterocycles. The summed E-state index contributed by atoms with van der Waals surface area (Å²) in [5.41, 5.74) is 0.212. The second-order valence-electron chi connectivity index (χ2n) is 7.43. The number of unbranched alkanes of at least 4 members (excludes halogenated alkanes) is 1. The molecule has 0 saturated carbocycles. The first-order valence-corrected chi connectivity index (χ1v) is 10.5. The third kappa shape index (κ3) is 4.16. The molecule has 0 aliphatic rings. The maximum absolute atomic E-state index is 12.8. The van der Waals surface area contributed by atoms with Gasteiger partial charge in [0, 0.05) is 13.6 Å². The summed E-state index contributed by atoms with van der Waals surface area (Å²) in [4.78, 5) is 44.1. The van der Waals surface area contributed by atoms with Crippen LogP contribution < -0.4 is 16.0 Å². The summed E-state index contributed by atoms with van der Waals surface area (Å²) in [5, 5.41) is 4.29. The molecule has 11 nitrogen and oxygen atoms in total. The molecule has 3 heterocycles. The Balaban J connectivity index is 1.61. The van der Waals surface area contributed by atoms with Crippen molar-refractivity contribution in [3.05, 3.63) is 68.9 Å². The van der Waals surface area contributed by atoms with Crippen molar-refractivity contribution in [3.8, 4) is 11.4 Å². The van der Waals surface area contributed by atoms with Crippen LogP contribution in [-0.4, -0.2) is 42.0 Å². The number of benzene rings is 1. The number of ether oxygens (including phenoxy) is 2. The molecule has 0 unspecified atom stereocenters. The number of esters is 1. The van der Waals surface area contributed by atoms with Gasteiger partial charge in [0.1, 0.15) is 12.4 Å². The van der Waals surface area contributed by atoms with E-state index in [0.717, 1.165) is 18.5 Å². The minimum atomic E-state index is -0.703. The molecular formula is C22H24N6O5. The number of carbonyl (C=O) groups excluding carboxylic acids is 1. The molecule has 1 N–H and O–H groups in total. The third-order valence-electron chi connectivity index (χ3n) is 5.29. The van der Waals surface area contributed by atoms with Gasteiger partial charge in [-0.15, -0.1) is 0 Å². The number of aromatic amines is 1. The van der Waals surface area contributed by atoms with Crippen LogP contribution in [-0.2, 0) is 24.9 Å². The number of imidazole rings is 1. The second-order valence-corrected chi connectivity index (χ2v) is 7.43. The highest BCUT2D eigenvalue weighted by Crippen LogP contribution is 2.21. The van der Waals surface area contributed by atoms with Gasteiger partial charge in [0.15, 0.2) is 16.9 Å². The Hall–Kier alpha value is -4.15. The van der Waals surface area contributed by atoms with E-state index in [0.29, 0.717) is 12.4 Å². The van der Waals surface area contributed by atoms with E-state index in [1.54, 1.807) is 13.2 Å². The van der Waals surface area contributed by atoms with Crippen LogP contribution in [0.5, 0.6) is 5.75 Å². The lowest BCUT2D eigenvalue weighted by atomic mass is 10.3. The van der Waals surface area contributed by atoms with Crippen molar-refractivity contribution >= 4 is 17.1 Å². The van der Waals surface area contributed by atoms with Crippen LogP contribution in [0.3, 0.4) is 0 Å². The molecule has 0 bridgehead atoms. The first-order valence-electron chi connectivity index (χ1n) is 10.5. The van der Waals surface area contributed by atoms with E-state index in [2.05, 4.69) is 15.1 Å². The van der Waals surface area contributed by atoms with Crippen LogP contribution in [0, 0.1) is 0 Å². The molecule has 0 amide bonds. The number of carbonyl (C=O) groups is 1. The van der Waals surface area contributed by atoms with Gasteiger partial charge in [-0.05, 0) is 18.6 Å². The predicted molar refractivity (Wildman–Crippen MR) is 120 cm³/mol. The summed E-state index contributed by atoms with van der Waals surface area (Å²) in [6, 6.07) is 9.28. The number of hydrogen-bond acceptors (Lipinski definition) is 7. The number of hydrogen-bond donors (Lipinski definition) is 1. The van der Waals surface area contributed by atoms with Gasteiger partial charge in [-0.3, -0.25) is 14.3 Å². The smallest absolute Gasteiger partial charge is 0.363 e. The number of aromatic nitrogens is 6. The molecule has 0 saturated heterocycles. The van der Waals surface area contributed by atoms with Gasteiger partial charge in [0.2, 0.25) is 5.69 Å². The molecule has 1 aromatic carbocycles. The monoisotopic (exact) mass is 452 g/mol. The largest absolute Gasteiger partial charge is 0.493 e. The zero-order chi connectivity index (χ0) is 23.5. The van der Waals surface area contributed by atoms with Gasteiger partial charge >= 0.3 is 11.7 Å². The molecule has 0 aliphatic heterocycles. The standard InChI is InChI=1S/C22H24N6O5/c1-4-5-11-27-19-18(20(29)24-22(27)31)26(2)16(23-19)13-33-21(30)17-15(32-3)12-28(25-17)14-9-7-6-8-10-14/h6-10,12H,4-5,11,13H2,1-3H3,(H,24,29,31). The molecule has 11 heteroatoms. The first kappa shape index (κ1) is 22.1. The number of methoxy groups -OCH3 is 1. The Kier molecular flexibility index (Phi) is 6.11. The molecule has 0 radical (unpaired) electrons. The Morgan fingerprint density at radius 1 is 1.18 bits per heavy atom. The zero-order valence-electron chi connectivity index (χ0n) is 18.6. The van der Waals surface area contributed by atoms with Crippen molar-refractivity contribution in [1.29, 1.82) is 0 Å². The van der Waals surface area contributed by atoms with Gasteiger partial charge in [0.05, 0.1) is 19.0 Å². The van der Waals surface area contributed by atoms with Crippen molar-refractivity contribution in [1.82, 2.24) is 28.9 Å². The van der Waals surface area contributed by atoms with Crippen LogP contribution >= 0.6 is 0 Å². The summed E-state index contributed by atoms with van der Waals surface area (Å²) in [6.07, 6.45) is 3.22. The first-order chi connectivity index (χ1) is 15.9. The van der Waals surface area contributed by atoms with Crippen molar-refractivity contribution in [3.63, 3.8) is 0 Å². The lowest BCUT2D eigenvalue weighted by molar-refractivity contribution is 0.0448. The quantitative estimate of drug-likeness (QED) is 0.404. The minimum absolute atomic E-state index is 0.0119. The number of rotatable bonds is 8. The SMILES string of the molecule is CCCCn1c(=O)[nH]c(=O)c2c1nc(COC(=O)c1nn(-c3ccccc3)cc1OC)n2C.